The first kappa shape index (κ1) is 9.27. The molecule has 1 atom stereocenters. The fraction of sp³-hybridized carbons (Fsp3) is 0.750. The molecule has 5 heteroatoms. The molecule has 0 spiro atoms. The molecular formula is C8H13N3S2. The number of thioether (sulfide) groups is 1. The second-order valence-electron chi connectivity index (χ2n) is 3.30. The van der Waals surface area contributed by atoms with Crippen LogP contribution in [0.4, 0.5) is 0 Å². The molecule has 1 aromatic heterocycles. The predicted molar refractivity (Wildman–Crippen MR) is 57.4 cm³/mol. The van der Waals surface area contributed by atoms with Crippen LogP contribution in [0.15, 0.2) is 0 Å². The van der Waals surface area contributed by atoms with Crippen molar-refractivity contribution in [2.75, 3.05) is 5.75 Å². The summed E-state index contributed by atoms with van der Waals surface area (Å²) in [6, 6.07) is 0. The Morgan fingerprint density at radius 1 is 1.62 bits per heavy atom. The molecule has 1 aromatic rings. The molecule has 2 rings (SSSR count). The van der Waals surface area contributed by atoms with Crippen LogP contribution in [0, 0.1) is 4.77 Å². The zero-order valence-corrected chi connectivity index (χ0v) is 9.25. The number of hydrogen-bond acceptors (Lipinski definition) is 3. The molecule has 0 aromatic carbocycles. The molecule has 1 saturated heterocycles. The zero-order valence-electron chi connectivity index (χ0n) is 7.62. The first-order valence-electron chi connectivity index (χ1n) is 4.52. The van der Waals surface area contributed by atoms with E-state index < -0.39 is 0 Å². The van der Waals surface area contributed by atoms with Gasteiger partial charge in [-0.2, -0.15) is 16.9 Å². The number of H-pyrrole nitrogens is 1. The monoisotopic (exact) mass is 215 g/mol. The van der Waals surface area contributed by atoms with Gasteiger partial charge in [0.15, 0.2) is 4.77 Å². The average molecular weight is 215 g/mol. The summed E-state index contributed by atoms with van der Waals surface area (Å²) in [5.74, 6) is 2.36. The lowest BCUT2D eigenvalue weighted by Crippen LogP contribution is -2.08. The third-order valence-electron chi connectivity index (χ3n) is 2.38. The van der Waals surface area contributed by atoms with Crippen molar-refractivity contribution in [3.05, 3.63) is 10.6 Å². The minimum Gasteiger partial charge on any atom is -0.306 e. The van der Waals surface area contributed by atoms with E-state index in [9.17, 15) is 0 Å². The van der Waals surface area contributed by atoms with Crippen molar-refractivity contribution in [3.63, 3.8) is 0 Å². The number of hydrogen-bond donors (Lipinski definition) is 1. The maximum Gasteiger partial charge on any atom is 0.194 e. The Morgan fingerprint density at radius 2 is 2.46 bits per heavy atom. The molecule has 0 amide bonds. The smallest absolute Gasteiger partial charge is 0.194 e. The third kappa shape index (κ3) is 1.81. The summed E-state index contributed by atoms with van der Waals surface area (Å²) in [7, 11) is 1.98. The van der Waals surface area contributed by atoms with Crippen molar-refractivity contribution in [2.45, 2.75) is 24.5 Å². The molecule has 0 radical (unpaired) electrons. The molecule has 72 valence electrons. The van der Waals surface area contributed by atoms with E-state index in [1.807, 2.05) is 23.4 Å². The molecule has 1 N–H and O–H groups in total. The van der Waals surface area contributed by atoms with Crippen molar-refractivity contribution >= 4 is 24.0 Å². The number of aromatic nitrogens is 3. The number of rotatable bonds is 1. The fourth-order valence-corrected chi connectivity index (χ4v) is 3.08. The van der Waals surface area contributed by atoms with E-state index in [1.165, 1.54) is 25.0 Å². The molecule has 0 saturated carbocycles. The quantitative estimate of drug-likeness (QED) is 0.731. The highest BCUT2D eigenvalue weighted by molar-refractivity contribution is 7.99. The fourth-order valence-electron chi connectivity index (χ4n) is 1.59. The first-order valence-corrected chi connectivity index (χ1v) is 5.97. The number of nitrogens with zero attached hydrogens (tertiary/aromatic N) is 2. The van der Waals surface area contributed by atoms with Gasteiger partial charge in [-0.25, -0.2) is 0 Å². The van der Waals surface area contributed by atoms with Gasteiger partial charge in [0.2, 0.25) is 0 Å². The summed E-state index contributed by atoms with van der Waals surface area (Å²) in [5.41, 5.74) is 0. The highest BCUT2D eigenvalue weighted by Gasteiger charge is 2.20. The Morgan fingerprint density at radius 3 is 3.00 bits per heavy atom. The molecule has 1 unspecified atom stereocenters. The van der Waals surface area contributed by atoms with Gasteiger partial charge in [-0.05, 0) is 30.8 Å². The Labute approximate surface area is 86.9 Å². The SMILES string of the molecule is Cn1c(C2CCCCS2)n[nH]c1=S. The highest BCUT2D eigenvalue weighted by atomic mass is 32.2. The molecule has 13 heavy (non-hydrogen) atoms. The van der Waals surface area contributed by atoms with Crippen LogP contribution < -0.4 is 0 Å². The van der Waals surface area contributed by atoms with Crippen LogP contribution in [0.3, 0.4) is 0 Å². The Balaban J connectivity index is 2.23. The summed E-state index contributed by atoms with van der Waals surface area (Å²) in [5, 5.41) is 7.65. The standard InChI is InChI=1S/C8H13N3S2/c1-11-7(9-10-8(11)12)6-4-2-3-5-13-6/h6H,2-5H2,1H3,(H,10,12). The van der Waals surface area contributed by atoms with Crippen LogP contribution in [0.2, 0.25) is 0 Å². The first-order chi connectivity index (χ1) is 6.29. The van der Waals surface area contributed by atoms with E-state index in [2.05, 4.69) is 10.2 Å². The number of nitrogens with one attached hydrogen (secondary N) is 1. The van der Waals surface area contributed by atoms with E-state index >= 15 is 0 Å². The van der Waals surface area contributed by atoms with Gasteiger partial charge >= 0.3 is 0 Å². The molecule has 1 aliphatic rings. The highest BCUT2D eigenvalue weighted by Crippen LogP contribution is 2.36. The Hall–Kier alpha value is -0.290. The summed E-state index contributed by atoms with van der Waals surface area (Å²) in [6.07, 6.45) is 3.89. The van der Waals surface area contributed by atoms with Gasteiger partial charge in [0.1, 0.15) is 5.82 Å². The molecule has 0 aliphatic carbocycles. The lowest BCUT2D eigenvalue weighted by Gasteiger charge is -2.19. The summed E-state index contributed by atoms with van der Waals surface area (Å²) < 4.78 is 2.71. The van der Waals surface area contributed by atoms with E-state index in [0.29, 0.717) is 5.25 Å². The second-order valence-corrected chi connectivity index (χ2v) is 5.00. The van der Waals surface area contributed by atoms with Gasteiger partial charge in [0.25, 0.3) is 0 Å². The minimum absolute atomic E-state index is 0.548. The van der Waals surface area contributed by atoms with E-state index in [0.717, 1.165) is 10.6 Å². The molecule has 1 fully saturated rings. The average Bonchev–Trinajstić information content (AvgIpc) is 2.49. The summed E-state index contributed by atoms with van der Waals surface area (Å²) >= 11 is 7.07. The van der Waals surface area contributed by atoms with Crippen LogP contribution in [0.5, 0.6) is 0 Å². The largest absolute Gasteiger partial charge is 0.306 e. The number of aromatic amines is 1. The maximum absolute atomic E-state index is 5.08. The zero-order chi connectivity index (χ0) is 9.26. The molecule has 3 nitrogen and oxygen atoms in total. The summed E-state index contributed by atoms with van der Waals surface area (Å²) in [6.45, 7) is 0. The van der Waals surface area contributed by atoms with Crippen LogP contribution >= 0.6 is 24.0 Å². The van der Waals surface area contributed by atoms with E-state index in [1.54, 1.807) is 0 Å². The summed E-state index contributed by atoms with van der Waals surface area (Å²) in [4.78, 5) is 0. The van der Waals surface area contributed by atoms with Crippen LogP contribution in [-0.2, 0) is 7.05 Å². The van der Waals surface area contributed by atoms with Crippen molar-refractivity contribution in [3.8, 4) is 0 Å². The van der Waals surface area contributed by atoms with Crippen LogP contribution in [0.1, 0.15) is 30.3 Å². The third-order valence-corrected chi connectivity index (χ3v) is 4.12. The van der Waals surface area contributed by atoms with E-state index in [4.69, 9.17) is 12.2 Å². The van der Waals surface area contributed by atoms with Crippen LogP contribution in [0.25, 0.3) is 0 Å². The molecule has 2 heterocycles. The molecule has 0 bridgehead atoms. The van der Waals surface area contributed by atoms with Gasteiger partial charge < -0.3 is 4.57 Å². The lowest BCUT2D eigenvalue weighted by atomic mass is 10.2. The lowest BCUT2D eigenvalue weighted by molar-refractivity contribution is 0.640. The normalized spacial score (nSPS) is 23.3. The Kier molecular flexibility index (Phi) is 2.74. The van der Waals surface area contributed by atoms with Crippen molar-refractivity contribution in [2.24, 2.45) is 7.05 Å². The van der Waals surface area contributed by atoms with Crippen molar-refractivity contribution in [1.82, 2.24) is 14.8 Å². The second kappa shape index (κ2) is 3.84. The van der Waals surface area contributed by atoms with Crippen LogP contribution in [-0.4, -0.2) is 20.5 Å². The molecular weight excluding hydrogens is 202 g/mol. The molecule has 1 aliphatic heterocycles. The minimum atomic E-state index is 0.548. The van der Waals surface area contributed by atoms with Gasteiger partial charge in [-0.3, -0.25) is 5.10 Å². The van der Waals surface area contributed by atoms with Gasteiger partial charge in [0.05, 0.1) is 5.25 Å². The predicted octanol–water partition coefficient (Wildman–Crippen LogP) is 2.44. The van der Waals surface area contributed by atoms with Gasteiger partial charge in [-0.1, -0.05) is 6.42 Å². The van der Waals surface area contributed by atoms with Gasteiger partial charge in [-0.15, -0.1) is 0 Å². The van der Waals surface area contributed by atoms with Gasteiger partial charge in [0, 0.05) is 7.05 Å². The topological polar surface area (TPSA) is 33.6 Å². The van der Waals surface area contributed by atoms with Crippen molar-refractivity contribution < 1.29 is 0 Å². The van der Waals surface area contributed by atoms with Crippen molar-refractivity contribution in [1.29, 1.82) is 0 Å². The maximum atomic E-state index is 5.08. The Bertz CT molecular complexity index is 335. The van der Waals surface area contributed by atoms with E-state index in [-0.39, 0.29) is 0 Å².